The first-order valence-electron chi connectivity index (χ1n) is 9.47. The van der Waals surface area contributed by atoms with E-state index in [9.17, 15) is 14.7 Å². The Morgan fingerprint density at radius 1 is 1.10 bits per heavy atom. The normalized spacial score (nSPS) is 11.9. The van der Waals surface area contributed by atoms with Gasteiger partial charge in [0.25, 0.3) is 5.91 Å². The van der Waals surface area contributed by atoms with Gasteiger partial charge in [0.2, 0.25) is 0 Å². The van der Waals surface area contributed by atoms with Crippen molar-refractivity contribution in [3.63, 3.8) is 0 Å². The lowest BCUT2D eigenvalue weighted by Crippen LogP contribution is -2.31. The smallest absolute Gasteiger partial charge is 0.331 e. The van der Waals surface area contributed by atoms with Gasteiger partial charge in [-0.25, -0.2) is 4.79 Å². The van der Waals surface area contributed by atoms with Crippen LogP contribution in [0.25, 0.3) is 16.8 Å². The molecular formula is C24H23NO5. The third-order valence-corrected chi connectivity index (χ3v) is 4.63. The molecule has 0 aliphatic carbocycles. The summed E-state index contributed by atoms with van der Waals surface area (Å²) in [7, 11) is 1.44. The molecule has 0 unspecified atom stereocenters. The van der Waals surface area contributed by atoms with Gasteiger partial charge in [0.1, 0.15) is 0 Å². The molecule has 2 N–H and O–H groups in total. The first kappa shape index (κ1) is 20.9. The van der Waals surface area contributed by atoms with Gasteiger partial charge in [0, 0.05) is 6.08 Å². The zero-order valence-corrected chi connectivity index (χ0v) is 16.8. The molecule has 0 bridgehead atoms. The molecule has 0 aromatic heterocycles. The van der Waals surface area contributed by atoms with Crippen molar-refractivity contribution >= 4 is 28.7 Å². The van der Waals surface area contributed by atoms with Gasteiger partial charge >= 0.3 is 5.97 Å². The Bertz CT molecular complexity index is 1080. The molecule has 0 saturated heterocycles. The predicted molar refractivity (Wildman–Crippen MR) is 115 cm³/mol. The first-order chi connectivity index (χ1) is 14.5. The second kappa shape index (κ2) is 9.60. The molecule has 0 spiro atoms. The summed E-state index contributed by atoms with van der Waals surface area (Å²) in [5.41, 5.74) is 1.64. The molecule has 0 saturated carbocycles. The summed E-state index contributed by atoms with van der Waals surface area (Å²) in [5, 5.41) is 14.6. The van der Waals surface area contributed by atoms with Crippen molar-refractivity contribution < 1.29 is 24.2 Å². The molecule has 1 amide bonds. The van der Waals surface area contributed by atoms with Gasteiger partial charge in [-0.3, -0.25) is 4.79 Å². The Kier molecular flexibility index (Phi) is 6.70. The van der Waals surface area contributed by atoms with Crippen LogP contribution in [0.2, 0.25) is 0 Å². The van der Waals surface area contributed by atoms with Crippen LogP contribution < -0.4 is 10.1 Å². The summed E-state index contributed by atoms with van der Waals surface area (Å²) in [5.74, 6) is -0.722. The number of methoxy groups -OCH3 is 1. The highest BCUT2D eigenvalue weighted by Gasteiger charge is 2.13. The average Bonchev–Trinajstić information content (AvgIpc) is 2.76. The number of rotatable bonds is 7. The molecular weight excluding hydrogens is 382 g/mol. The number of nitrogens with one attached hydrogen (secondary N) is 1. The van der Waals surface area contributed by atoms with Gasteiger partial charge in [0.05, 0.1) is 13.2 Å². The molecule has 0 aliphatic rings. The van der Waals surface area contributed by atoms with E-state index >= 15 is 0 Å². The number of fused-ring (bicyclic) bond motifs is 1. The fourth-order valence-electron chi connectivity index (χ4n) is 3.14. The molecule has 6 heteroatoms. The summed E-state index contributed by atoms with van der Waals surface area (Å²) >= 11 is 0. The van der Waals surface area contributed by atoms with Crippen LogP contribution in [0.15, 0.2) is 66.7 Å². The second-order valence-corrected chi connectivity index (χ2v) is 6.73. The van der Waals surface area contributed by atoms with Crippen molar-refractivity contribution in [3.05, 3.63) is 77.9 Å². The number of hydrogen-bond donors (Lipinski definition) is 2. The van der Waals surface area contributed by atoms with E-state index in [-0.39, 0.29) is 24.3 Å². The van der Waals surface area contributed by atoms with E-state index in [1.165, 1.54) is 25.3 Å². The number of benzene rings is 3. The van der Waals surface area contributed by atoms with Crippen molar-refractivity contribution in [3.8, 4) is 11.5 Å². The highest BCUT2D eigenvalue weighted by molar-refractivity contribution is 5.90. The zero-order chi connectivity index (χ0) is 21.5. The number of aromatic hydroxyl groups is 1. The largest absolute Gasteiger partial charge is 0.504 e. The van der Waals surface area contributed by atoms with E-state index in [1.807, 2.05) is 49.4 Å². The Labute approximate surface area is 174 Å². The number of amides is 1. The SMILES string of the molecule is COc1cc(/C=C/C(=O)OCC(=O)N[C@H](C)c2cccc3ccccc23)ccc1O. The van der Waals surface area contributed by atoms with E-state index in [1.54, 1.807) is 12.1 Å². The number of esters is 1. The lowest BCUT2D eigenvalue weighted by atomic mass is 10.00. The maximum absolute atomic E-state index is 12.2. The van der Waals surface area contributed by atoms with E-state index in [0.29, 0.717) is 11.3 Å². The van der Waals surface area contributed by atoms with Crippen molar-refractivity contribution in [2.45, 2.75) is 13.0 Å². The number of hydrogen-bond acceptors (Lipinski definition) is 5. The Hall–Kier alpha value is -3.80. The Morgan fingerprint density at radius 3 is 2.67 bits per heavy atom. The van der Waals surface area contributed by atoms with Crippen molar-refractivity contribution in [1.29, 1.82) is 0 Å². The van der Waals surface area contributed by atoms with Gasteiger partial charge in [-0.15, -0.1) is 0 Å². The lowest BCUT2D eigenvalue weighted by Gasteiger charge is -2.16. The third kappa shape index (κ3) is 5.17. The molecule has 154 valence electrons. The second-order valence-electron chi connectivity index (χ2n) is 6.73. The highest BCUT2D eigenvalue weighted by atomic mass is 16.5. The first-order valence-corrected chi connectivity index (χ1v) is 9.47. The third-order valence-electron chi connectivity index (χ3n) is 4.63. The standard InChI is InChI=1S/C24H23NO5/c1-16(19-9-5-7-18-6-3-4-8-20(18)19)25-23(27)15-30-24(28)13-11-17-10-12-21(26)22(14-17)29-2/h3-14,16,26H,15H2,1-2H3,(H,25,27)/b13-11+/t16-/m1/s1. The maximum atomic E-state index is 12.2. The van der Waals surface area contributed by atoms with Gasteiger partial charge in [-0.2, -0.15) is 0 Å². The Morgan fingerprint density at radius 2 is 1.87 bits per heavy atom. The van der Waals surface area contributed by atoms with Crippen LogP contribution >= 0.6 is 0 Å². The monoisotopic (exact) mass is 405 g/mol. The van der Waals surface area contributed by atoms with Crippen LogP contribution in [0.5, 0.6) is 11.5 Å². The van der Waals surface area contributed by atoms with E-state index < -0.39 is 5.97 Å². The van der Waals surface area contributed by atoms with Crippen molar-refractivity contribution in [2.75, 3.05) is 13.7 Å². The van der Waals surface area contributed by atoms with Gasteiger partial charge < -0.3 is 19.9 Å². The van der Waals surface area contributed by atoms with Gasteiger partial charge in [0.15, 0.2) is 18.1 Å². The van der Waals surface area contributed by atoms with Crippen LogP contribution in [0, 0.1) is 0 Å². The lowest BCUT2D eigenvalue weighted by molar-refractivity contribution is -0.144. The number of phenols is 1. The van der Waals surface area contributed by atoms with E-state index in [2.05, 4.69) is 5.32 Å². The zero-order valence-electron chi connectivity index (χ0n) is 16.8. The molecule has 3 aromatic carbocycles. The fraction of sp³-hybridized carbons (Fsp3) is 0.167. The molecule has 0 radical (unpaired) electrons. The van der Waals surface area contributed by atoms with Crippen LogP contribution in [0.1, 0.15) is 24.1 Å². The van der Waals surface area contributed by atoms with Crippen molar-refractivity contribution in [1.82, 2.24) is 5.32 Å². The van der Waals surface area contributed by atoms with Gasteiger partial charge in [-0.1, -0.05) is 48.5 Å². The van der Waals surface area contributed by atoms with E-state index in [4.69, 9.17) is 9.47 Å². The number of carbonyl (C=O) groups excluding carboxylic acids is 2. The summed E-state index contributed by atoms with van der Waals surface area (Å²) < 4.78 is 10.0. The molecule has 3 aromatic rings. The fourth-order valence-corrected chi connectivity index (χ4v) is 3.14. The Balaban J connectivity index is 1.54. The highest BCUT2D eigenvalue weighted by Crippen LogP contribution is 2.27. The summed E-state index contributed by atoms with van der Waals surface area (Å²) in [6.07, 6.45) is 2.73. The number of carbonyl (C=O) groups is 2. The maximum Gasteiger partial charge on any atom is 0.331 e. The average molecular weight is 405 g/mol. The molecule has 0 aliphatic heterocycles. The topological polar surface area (TPSA) is 84.9 Å². The molecule has 3 rings (SSSR count). The van der Waals surface area contributed by atoms with Crippen LogP contribution in [-0.4, -0.2) is 30.7 Å². The summed E-state index contributed by atoms with van der Waals surface area (Å²) in [6, 6.07) is 18.3. The summed E-state index contributed by atoms with van der Waals surface area (Å²) in [6.45, 7) is 1.51. The van der Waals surface area contributed by atoms with Crippen molar-refractivity contribution in [2.24, 2.45) is 0 Å². The minimum absolute atomic E-state index is 0.00853. The van der Waals surface area contributed by atoms with Crippen LogP contribution in [0.3, 0.4) is 0 Å². The molecule has 0 heterocycles. The minimum Gasteiger partial charge on any atom is -0.504 e. The van der Waals surface area contributed by atoms with Crippen LogP contribution in [-0.2, 0) is 14.3 Å². The molecule has 1 atom stereocenters. The van der Waals surface area contributed by atoms with E-state index in [0.717, 1.165) is 16.3 Å². The molecule has 30 heavy (non-hydrogen) atoms. The minimum atomic E-state index is -0.644. The molecule has 0 fully saturated rings. The summed E-state index contributed by atoms with van der Waals surface area (Å²) in [4.78, 5) is 24.1. The van der Waals surface area contributed by atoms with Gasteiger partial charge in [-0.05, 0) is 47.0 Å². The predicted octanol–water partition coefficient (Wildman–Crippen LogP) is 3.99. The molecule has 6 nitrogen and oxygen atoms in total. The number of phenolic OH excluding ortho intramolecular Hbond substituents is 1. The number of ether oxygens (including phenoxy) is 2. The quantitative estimate of drug-likeness (QED) is 0.459. The van der Waals surface area contributed by atoms with Crippen LogP contribution in [0.4, 0.5) is 0 Å².